The molecule has 2 aromatic carbocycles. The Labute approximate surface area is 140 Å². The number of aromatic nitrogens is 4. The van der Waals surface area contributed by atoms with E-state index < -0.39 is 5.82 Å². The van der Waals surface area contributed by atoms with Gasteiger partial charge in [-0.1, -0.05) is 41.9 Å². The number of hydrogen-bond acceptors (Lipinski definition) is 5. The third-order valence-electron chi connectivity index (χ3n) is 3.53. The molecule has 2 heterocycles. The van der Waals surface area contributed by atoms with Crippen LogP contribution in [0.2, 0.25) is 5.02 Å². The quantitative estimate of drug-likeness (QED) is 0.458. The second-order valence-corrected chi connectivity index (χ2v) is 5.41. The molecule has 0 aliphatic rings. The third-order valence-corrected chi connectivity index (χ3v) is 3.85. The van der Waals surface area contributed by atoms with E-state index in [0.717, 1.165) is 10.8 Å². The number of nitrogens with zero attached hydrogens (tertiary/aromatic N) is 5. The monoisotopic (exact) mass is 340 g/mol. The molecule has 4 aromatic rings. The molecule has 0 unspecified atom stereocenters. The van der Waals surface area contributed by atoms with Gasteiger partial charge in [0, 0.05) is 16.3 Å². The maximum atomic E-state index is 13.8. The van der Waals surface area contributed by atoms with Crippen LogP contribution in [-0.2, 0) is 0 Å². The van der Waals surface area contributed by atoms with Crippen LogP contribution < -0.4 is 5.43 Å². The van der Waals surface area contributed by atoms with Gasteiger partial charge in [0.2, 0.25) is 0 Å². The van der Waals surface area contributed by atoms with Crippen molar-refractivity contribution in [1.29, 1.82) is 0 Å². The van der Waals surface area contributed by atoms with E-state index in [9.17, 15) is 4.39 Å². The van der Waals surface area contributed by atoms with Crippen LogP contribution in [0.3, 0.4) is 0 Å². The summed E-state index contributed by atoms with van der Waals surface area (Å²) in [5.74, 6) is 0.0572. The Morgan fingerprint density at radius 2 is 1.96 bits per heavy atom. The van der Waals surface area contributed by atoms with E-state index in [4.69, 9.17) is 11.6 Å². The van der Waals surface area contributed by atoms with Gasteiger partial charge in [-0.05, 0) is 12.1 Å². The Morgan fingerprint density at radius 3 is 2.79 bits per heavy atom. The van der Waals surface area contributed by atoms with Crippen molar-refractivity contribution in [2.75, 3.05) is 5.43 Å². The molecule has 2 aromatic heterocycles. The molecule has 0 aliphatic heterocycles. The molecule has 1 N–H and O–H groups in total. The fourth-order valence-electron chi connectivity index (χ4n) is 2.40. The van der Waals surface area contributed by atoms with E-state index in [1.807, 2.05) is 24.3 Å². The number of rotatable bonds is 3. The lowest BCUT2D eigenvalue weighted by atomic mass is 10.2. The zero-order chi connectivity index (χ0) is 16.5. The first-order valence-electron chi connectivity index (χ1n) is 7.06. The number of hydrazone groups is 1. The van der Waals surface area contributed by atoms with Gasteiger partial charge in [0.05, 0.1) is 11.2 Å². The summed E-state index contributed by atoms with van der Waals surface area (Å²) in [5, 5.41) is 18.3. The fourth-order valence-corrected chi connectivity index (χ4v) is 2.61. The van der Waals surface area contributed by atoms with Gasteiger partial charge in [0.1, 0.15) is 12.1 Å². The van der Waals surface area contributed by atoms with Crippen molar-refractivity contribution in [2.24, 2.45) is 5.10 Å². The lowest BCUT2D eigenvalue weighted by Gasteiger charge is -2.06. The Bertz CT molecular complexity index is 1050. The van der Waals surface area contributed by atoms with Crippen LogP contribution in [0.25, 0.3) is 16.4 Å². The Balaban J connectivity index is 1.75. The highest BCUT2D eigenvalue weighted by Crippen LogP contribution is 2.24. The number of hydrogen-bond donors (Lipinski definition) is 1. The topological polar surface area (TPSA) is 67.5 Å². The van der Waals surface area contributed by atoms with Crippen LogP contribution in [0.5, 0.6) is 0 Å². The number of nitrogens with one attached hydrogen (secondary N) is 1. The van der Waals surface area contributed by atoms with Crippen LogP contribution >= 0.6 is 11.6 Å². The van der Waals surface area contributed by atoms with Gasteiger partial charge in [-0.25, -0.2) is 4.39 Å². The third kappa shape index (κ3) is 2.44. The maximum Gasteiger partial charge on any atom is 0.185 e. The molecule has 0 radical (unpaired) electrons. The number of anilines is 1. The summed E-state index contributed by atoms with van der Waals surface area (Å²) >= 11 is 5.97. The zero-order valence-electron chi connectivity index (χ0n) is 12.2. The van der Waals surface area contributed by atoms with Crippen molar-refractivity contribution in [3.63, 3.8) is 0 Å². The van der Waals surface area contributed by atoms with Crippen LogP contribution in [0, 0.1) is 5.82 Å². The van der Waals surface area contributed by atoms with E-state index in [-0.39, 0.29) is 10.6 Å². The van der Waals surface area contributed by atoms with Gasteiger partial charge >= 0.3 is 0 Å². The fraction of sp³-hybridized carbons (Fsp3) is 0. The Kier molecular flexibility index (Phi) is 3.55. The molecule has 0 saturated carbocycles. The normalized spacial score (nSPS) is 11.6. The molecule has 0 aliphatic carbocycles. The second kappa shape index (κ2) is 5.86. The van der Waals surface area contributed by atoms with Crippen molar-refractivity contribution in [3.8, 4) is 0 Å². The molecule has 0 fully saturated rings. The van der Waals surface area contributed by atoms with E-state index in [1.54, 1.807) is 10.6 Å². The molecular weight excluding hydrogens is 331 g/mol. The van der Waals surface area contributed by atoms with Crippen molar-refractivity contribution < 1.29 is 4.39 Å². The predicted octanol–water partition coefficient (Wildman–Crippen LogP) is 3.52. The van der Waals surface area contributed by atoms with Crippen molar-refractivity contribution >= 4 is 40.1 Å². The van der Waals surface area contributed by atoms with Crippen molar-refractivity contribution in [1.82, 2.24) is 19.8 Å². The minimum absolute atomic E-state index is 0.210. The first-order valence-corrected chi connectivity index (χ1v) is 7.43. The van der Waals surface area contributed by atoms with Gasteiger partial charge in [-0.15, -0.1) is 15.3 Å². The van der Waals surface area contributed by atoms with Gasteiger partial charge in [0.25, 0.3) is 0 Å². The van der Waals surface area contributed by atoms with Gasteiger partial charge in [0.15, 0.2) is 11.5 Å². The first-order chi connectivity index (χ1) is 11.7. The molecule has 0 bridgehead atoms. The summed E-state index contributed by atoms with van der Waals surface area (Å²) < 4.78 is 15.3. The van der Waals surface area contributed by atoms with Crippen molar-refractivity contribution in [2.45, 2.75) is 0 Å². The molecule has 0 spiro atoms. The number of fused-ring (bicyclic) bond motifs is 3. The predicted molar refractivity (Wildman–Crippen MR) is 90.9 cm³/mol. The van der Waals surface area contributed by atoms with E-state index in [0.29, 0.717) is 11.5 Å². The summed E-state index contributed by atoms with van der Waals surface area (Å²) in [6, 6.07) is 12.1. The first kappa shape index (κ1) is 14.5. The SMILES string of the molecule is Fc1cccc(Cl)c1/C=N/Nc1nn2cnnc2c2ccccc12. The second-order valence-electron chi connectivity index (χ2n) is 5.00. The Morgan fingerprint density at radius 1 is 1.12 bits per heavy atom. The average molecular weight is 341 g/mol. The summed E-state index contributed by atoms with van der Waals surface area (Å²) in [7, 11) is 0. The molecule has 4 rings (SSSR count). The van der Waals surface area contributed by atoms with Gasteiger partial charge < -0.3 is 0 Å². The minimum atomic E-state index is -0.444. The highest BCUT2D eigenvalue weighted by atomic mass is 35.5. The van der Waals surface area contributed by atoms with Crippen LogP contribution in [0.15, 0.2) is 53.9 Å². The van der Waals surface area contributed by atoms with E-state index >= 15 is 0 Å². The summed E-state index contributed by atoms with van der Waals surface area (Å²) in [6.07, 6.45) is 2.83. The van der Waals surface area contributed by atoms with E-state index in [2.05, 4.69) is 25.8 Å². The van der Waals surface area contributed by atoms with E-state index in [1.165, 1.54) is 24.7 Å². The van der Waals surface area contributed by atoms with Gasteiger partial charge in [-0.2, -0.15) is 9.62 Å². The largest absolute Gasteiger partial charge is 0.259 e. The Hall–Kier alpha value is -3.06. The standard InChI is InChI=1S/C16H10ClFN6/c17-13-6-3-7-14(18)12(13)8-19-21-15-10-4-1-2-5-11(10)16-22-20-9-24(16)23-15/h1-9H,(H,21,23)/b19-8+. The summed E-state index contributed by atoms with van der Waals surface area (Å²) in [4.78, 5) is 0. The minimum Gasteiger partial charge on any atom is -0.259 e. The zero-order valence-corrected chi connectivity index (χ0v) is 12.9. The smallest absolute Gasteiger partial charge is 0.185 e. The lowest BCUT2D eigenvalue weighted by molar-refractivity contribution is 0.626. The highest BCUT2D eigenvalue weighted by Gasteiger charge is 2.09. The molecule has 0 amide bonds. The number of benzene rings is 2. The summed E-state index contributed by atoms with van der Waals surface area (Å²) in [6.45, 7) is 0. The summed E-state index contributed by atoms with van der Waals surface area (Å²) in [5.41, 5.74) is 3.69. The van der Waals surface area contributed by atoms with Gasteiger partial charge in [-0.3, -0.25) is 5.43 Å². The van der Waals surface area contributed by atoms with Crippen LogP contribution in [0.1, 0.15) is 5.56 Å². The highest BCUT2D eigenvalue weighted by molar-refractivity contribution is 6.33. The maximum absolute atomic E-state index is 13.8. The van der Waals surface area contributed by atoms with Crippen LogP contribution in [0.4, 0.5) is 10.2 Å². The molecule has 6 nitrogen and oxygen atoms in total. The molecule has 118 valence electrons. The molecule has 8 heteroatoms. The van der Waals surface area contributed by atoms with Crippen LogP contribution in [-0.4, -0.2) is 26.0 Å². The lowest BCUT2D eigenvalue weighted by Crippen LogP contribution is -2.01. The molecule has 0 saturated heterocycles. The number of halogens is 2. The molecule has 0 atom stereocenters. The van der Waals surface area contributed by atoms with Crippen molar-refractivity contribution in [3.05, 3.63) is 65.2 Å². The molecule has 24 heavy (non-hydrogen) atoms. The molecular formula is C16H10ClFN6. The average Bonchev–Trinajstić information content (AvgIpc) is 3.06.